The number of methoxy groups -OCH3 is 1. The van der Waals surface area contributed by atoms with E-state index < -0.39 is 5.60 Å². The lowest BCUT2D eigenvalue weighted by molar-refractivity contribution is 0.0784. The van der Waals surface area contributed by atoms with Crippen LogP contribution in [0.25, 0.3) is 0 Å². The number of benzene rings is 1. The molecule has 0 heterocycles. The molecule has 1 aromatic carbocycles. The van der Waals surface area contributed by atoms with E-state index in [2.05, 4.69) is 5.32 Å². The highest BCUT2D eigenvalue weighted by Gasteiger charge is 2.17. The van der Waals surface area contributed by atoms with Gasteiger partial charge in [0.05, 0.1) is 5.60 Å². The van der Waals surface area contributed by atoms with Crippen molar-refractivity contribution in [3.05, 3.63) is 35.4 Å². The molecule has 2 N–H and O–H groups in total. The van der Waals surface area contributed by atoms with E-state index in [1.54, 1.807) is 39.2 Å². The molecule has 4 heteroatoms. The Morgan fingerprint density at radius 2 is 2.17 bits per heavy atom. The molecule has 0 saturated heterocycles. The Bertz CT molecular complexity index is 396. The molecule has 0 aliphatic carbocycles. The second kappa shape index (κ2) is 6.52. The van der Waals surface area contributed by atoms with Crippen LogP contribution < -0.4 is 5.32 Å². The van der Waals surface area contributed by atoms with E-state index in [9.17, 15) is 9.90 Å². The summed E-state index contributed by atoms with van der Waals surface area (Å²) in [5, 5.41) is 12.7. The maximum atomic E-state index is 11.9. The average molecular weight is 251 g/mol. The largest absolute Gasteiger partial charge is 0.386 e. The molecule has 0 unspecified atom stereocenters. The van der Waals surface area contributed by atoms with Gasteiger partial charge in [0.25, 0.3) is 5.91 Å². The summed E-state index contributed by atoms with van der Waals surface area (Å²) in [6, 6.07) is 7.03. The fourth-order valence-corrected chi connectivity index (χ4v) is 1.56. The Kier molecular flexibility index (Phi) is 5.31. The molecule has 0 aliphatic rings. The lowest BCUT2D eigenvalue weighted by atomic mass is 9.96. The molecule has 1 rings (SSSR count). The average Bonchev–Trinajstić information content (AvgIpc) is 2.33. The van der Waals surface area contributed by atoms with Gasteiger partial charge in [-0.2, -0.15) is 0 Å². The standard InChI is InChI=1S/C14H21NO3/c1-14(2,17)12-7-4-6-11(10-12)13(16)15-8-5-9-18-3/h4,6-7,10,17H,5,8-9H2,1-3H3,(H,15,16). The van der Waals surface area contributed by atoms with Crippen molar-refractivity contribution in [2.75, 3.05) is 20.3 Å². The zero-order chi connectivity index (χ0) is 13.6. The van der Waals surface area contributed by atoms with Crippen LogP contribution in [0.4, 0.5) is 0 Å². The number of hydrogen-bond acceptors (Lipinski definition) is 3. The fraction of sp³-hybridized carbons (Fsp3) is 0.500. The summed E-state index contributed by atoms with van der Waals surface area (Å²) in [7, 11) is 1.63. The Balaban J connectivity index is 2.63. The normalized spacial score (nSPS) is 11.3. The number of aliphatic hydroxyl groups is 1. The predicted molar refractivity (Wildman–Crippen MR) is 70.5 cm³/mol. The summed E-state index contributed by atoms with van der Waals surface area (Å²) in [5.74, 6) is -0.128. The molecular formula is C14H21NO3. The Labute approximate surface area is 108 Å². The molecule has 0 aliphatic heterocycles. The van der Waals surface area contributed by atoms with Crippen molar-refractivity contribution in [3.8, 4) is 0 Å². The summed E-state index contributed by atoms with van der Waals surface area (Å²) in [6.07, 6.45) is 0.785. The lowest BCUT2D eigenvalue weighted by Gasteiger charge is -2.18. The van der Waals surface area contributed by atoms with Gasteiger partial charge in [0, 0.05) is 25.8 Å². The van der Waals surface area contributed by atoms with Crippen LogP contribution in [-0.2, 0) is 10.3 Å². The summed E-state index contributed by atoms with van der Waals surface area (Å²) >= 11 is 0. The van der Waals surface area contributed by atoms with Gasteiger partial charge in [0.15, 0.2) is 0 Å². The molecule has 0 radical (unpaired) electrons. The van der Waals surface area contributed by atoms with Gasteiger partial charge in [-0.3, -0.25) is 4.79 Å². The highest BCUT2D eigenvalue weighted by atomic mass is 16.5. The Morgan fingerprint density at radius 3 is 2.78 bits per heavy atom. The van der Waals surface area contributed by atoms with Gasteiger partial charge >= 0.3 is 0 Å². The van der Waals surface area contributed by atoms with E-state index in [1.807, 2.05) is 6.07 Å². The van der Waals surface area contributed by atoms with Crippen LogP contribution in [-0.4, -0.2) is 31.3 Å². The number of ether oxygens (including phenoxy) is 1. The monoisotopic (exact) mass is 251 g/mol. The summed E-state index contributed by atoms with van der Waals surface area (Å²) < 4.78 is 4.91. The Morgan fingerprint density at radius 1 is 1.44 bits per heavy atom. The molecule has 1 aromatic rings. The van der Waals surface area contributed by atoms with Crippen LogP contribution in [0.1, 0.15) is 36.2 Å². The molecule has 18 heavy (non-hydrogen) atoms. The van der Waals surface area contributed by atoms with Gasteiger partial charge in [-0.15, -0.1) is 0 Å². The lowest BCUT2D eigenvalue weighted by Crippen LogP contribution is -2.26. The molecule has 0 bridgehead atoms. The minimum atomic E-state index is -0.938. The first-order valence-electron chi connectivity index (χ1n) is 6.05. The maximum absolute atomic E-state index is 11.9. The first-order valence-corrected chi connectivity index (χ1v) is 6.05. The predicted octanol–water partition coefficient (Wildman–Crippen LogP) is 1.68. The van der Waals surface area contributed by atoms with Crippen LogP contribution in [0.5, 0.6) is 0 Å². The van der Waals surface area contributed by atoms with Crippen molar-refractivity contribution in [2.24, 2.45) is 0 Å². The van der Waals surface area contributed by atoms with Gasteiger partial charge in [-0.05, 0) is 38.0 Å². The van der Waals surface area contributed by atoms with Crippen LogP contribution in [0.2, 0.25) is 0 Å². The number of carbonyl (C=O) groups excluding carboxylic acids is 1. The van der Waals surface area contributed by atoms with Crippen LogP contribution >= 0.6 is 0 Å². The first kappa shape index (κ1) is 14.7. The number of hydrogen-bond donors (Lipinski definition) is 2. The third-order valence-corrected chi connectivity index (χ3v) is 2.64. The minimum absolute atomic E-state index is 0.128. The maximum Gasteiger partial charge on any atom is 0.251 e. The van der Waals surface area contributed by atoms with Crippen molar-refractivity contribution in [3.63, 3.8) is 0 Å². The smallest absolute Gasteiger partial charge is 0.251 e. The van der Waals surface area contributed by atoms with Crippen molar-refractivity contribution in [1.82, 2.24) is 5.32 Å². The van der Waals surface area contributed by atoms with Gasteiger partial charge in [-0.1, -0.05) is 12.1 Å². The quantitative estimate of drug-likeness (QED) is 0.756. The molecular weight excluding hydrogens is 230 g/mol. The first-order chi connectivity index (χ1) is 8.45. The second-order valence-corrected chi connectivity index (χ2v) is 4.74. The highest BCUT2D eigenvalue weighted by molar-refractivity contribution is 5.94. The number of amides is 1. The van der Waals surface area contributed by atoms with E-state index in [0.717, 1.165) is 12.0 Å². The van der Waals surface area contributed by atoms with E-state index in [4.69, 9.17) is 4.74 Å². The van der Waals surface area contributed by atoms with Gasteiger partial charge in [0.2, 0.25) is 0 Å². The zero-order valence-corrected chi connectivity index (χ0v) is 11.2. The molecule has 1 amide bonds. The SMILES string of the molecule is COCCCNC(=O)c1cccc(C(C)(C)O)c1. The van der Waals surface area contributed by atoms with Crippen LogP contribution in [0.15, 0.2) is 24.3 Å². The summed E-state index contributed by atoms with van der Waals surface area (Å²) in [5.41, 5.74) is 0.353. The number of nitrogens with one attached hydrogen (secondary N) is 1. The summed E-state index contributed by atoms with van der Waals surface area (Å²) in [6.45, 7) is 4.61. The third-order valence-electron chi connectivity index (χ3n) is 2.64. The van der Waals surface area contributed by atoms with E-state index in [1.165, 1.54) is 0 Å². The highest BCUT2D eigenvalue weighted by Crippen LogP contribution is 2.20. The van der Waals surface area contributed by atoms with E-state index in [-0.39, 0.29) is 5.91 Å². The van der Waals surface area contributed by atoms with Crippen molar-refractivity contribution in [1.29, 1.82) is 0 Å². The molecule has 0 fully saturated rings. The minimum Gasteiger partial charge on any atom is -0.386 e. The number of rotatable bonds is 6. The topological polar surface area (TPSA) is 58.6 Å². The van der Waals surface area contributed by atoms with Crippen molar-refractivity contribution >= 4 is 5.91 Å². The van der Waals surface area contributed by atoms with Crippen molar-refractivity contribution in [2.45, 2.75) is 25.9 Å². The van der Waals surface area contributed by atoms with Gasteiger partial charge in [0.1, 0.15) is 0 Å². The van der Waals surface area contributed by atoms with E-state index >= 15 is 0 Å². The molecule has 4 nitrogen and oxygen atoms in total. The summed E-state index contributed by atoms with van der Waals surface area (Å²) in [4.78, 5) is 11.9. The van der Waals surface area contributed by atoms with Crippen LogP contribution in [0, 0.1) is 0 Å². The van der Waals surface area contributed by atoms with Crippen molar-refractivity contribution < 1.29 is 14.6 Å². The second-order valence-electron chi connectivity index (χ2n) is 4.74. The number of carbonyl (C=O) groups is 1. The Hall–Kier alpha value is -1.39. The molecule has 0 spiro atoms. The van der Waals surface area contributed by atoms with E-state index in [0.29, 0.717) is 18.7 Å². The molecule has 0 atom stereocenters. The molecule has 0 saturated carbocycles. The fourth-order valence-electron chi connectivity index (χ4n) is 1.56. The third kappa shape index (κ3) is 4.47. The zero-order valence-electron chi connectivity index (χ0n) is 11.2. The molecule has 100 valence electrons. The van der Waals surface area contributed by atoms with Gasteiger partial charge < -0.3 is 15.2 Å². The molecule has 0 aromatic heterocycles. The van der Waals surface area contributed by atoms with Gasteiger partial charge in [-0.25, -0.2) is 0 Å². The van der Waals surface area contributed by atoms with Crippen LogP contribution in [0.3, 0.4) is 0 Å².